The number of rotatable bonds is 3. The molecule has 134 valence electrons. The zero-order valence-electron chi connectivity index (χ0n) is 15.4. The number of hydrogen-bond acceptors (Lipinski definition) is 2. The van der Waals surface area contributed by atoms with Gasteiger partial charge in [0.05, 0.1) is 11.4 Å². The van der Waals surface area contributed by atoms with Gasteiger partial charge >= 0.3 is 0 Å². The molecule has 0 aromatic heterocycles. The SMILES string of the molecule is Nc1ccc(N(c2cccc3ccccc23)c2cccc3ccccc23)cc1. The standard InChI is InChI=1S/C26H20N2/c27-21-15-17-22(18-16-21)28(25-13-5-9-19-7-1-3-11-23(19)25)26-14-6-10-20-8-2-4-12-24(20)26/h1-18H,27H2. The molecule has 2 N–H and O–H groups in total. The first-order chi connectivity index (χ1) is 13.8. The Hall–Kier alpha value is -3.78. The van der Waals surface area contributed by atoms with Crippen molar-refractivity contribution in [1.29, 1.82) is 0 Å². The van der Waals surface area contributed by atoms with Crippen LogP contribution in [0, 0.1) is 0 Å². The normalized spacial score (nSPS) is 11.0. The molecule has 5 aromatic carbocycles. The molecular formula is C26H20N2. The van der Waals surface area contributed by atoms with Gasteiger partial charge in [-0.05, 0) is 47.2 Å². The lowest BCUT2D eigenvalue weighted by atomic mass is 10.0. The third-order valence-corrected chi connectivity index (χ3v) is 5.17. The van der Waals surface area contributed by atoms with Gasteiger partial charge in [0, 0.05) is 22.1 Å². The molecule has 5 aromatic rings. The van der Waals surface area contributed by atoms with Crippen molar-refractivity contribution in [3.63, 3.8) is 0 Å². The zero-order valence-corrected chi connectivity index (χ0v) is 15.4. The second-order valence-electron chi connectivity index (χ2n) is 6.92. The molecule has 0 heterocycles. The van der Waals surface area contributed by atoms with Crippen LogP contribution in [0.3, 0.4) is 0 Å². The molecule has 0 radical (unpaired) electrons. The predicted molar refractivity (Wildman–Crippen MR) is 121 cm³/mol. The molecule has 0 bridgehead atoms. The van der Waals surface area contributed by atoms with Crippen molar-refractivity contribution in [2.24, 2.45) is 0 Å². The molecule has 0 aliphatic carbocycles. The Labute approximate surface area is 164 Å². The summed E-state index contributed by atoms with van der Waals surface area (Å²) in [4.78, 5) is 2.32. The molecule has 0 saturated carbocycles. The third-order valence-electron chi connectivity index (χ3n) is 5.17. The van der Waals surface area contributed by atoms with E-state index in [9.17, 15) is 0 Å². The zero-order chi connectivity index (χ0) is 18.9. The fraction of sp³-hybridized carbons (Fsp3) is 0. The highest BCUT2D eigenvalue weighted by Gasteiger charge is 2.17. The molecule has 28 heavy (non-hydrogen) atoms. The Morgan fingerprint density at radius 1 is 0.464 bits per heavy atom. The minimum absolute atomic E-state index is 0.763. The summed E-state index contributed by atoms with van der Waals surface area (Å²) in [6.45, 7) is 0. The van der Waals surface area contributed by atoms with Crippen molar-refractivity contribution in [2.75, 3.05) is 10.6 Å². The van der Waals surface area contributed by atoms with Gasteiger partial charge in [0.15, 0.2) is 0 Å². The van der Waals surface area contributed by atoms with Crippen molar-refractivity contribution >= 4 is 44.3 Å². The van der Waals surface area contributed by atoms with Gasteiger partial charge in [-0.3, -0.25) is 0 Å². The number of anilines is 4. The second-order valence-corrected chi connectivity index (χ2v) is 6.92. The molecule has 2 nitrogen and oxygen atoms in total. The van der Waals surface area contributed by atoms with E-state index in [0.717, 1.165) is 22.7 Å². The molecule has 0 saturated heterocycles. The summed E-state index contributed by atoms with van der Waals surface area (Å²) < 4.78 is 0. The first kappa shape index (κ1) is 16.4. The van der Waals surface area contributed by atoms with Crippen LogP contribution < -0.4 is 10.6 Å². The smallest absolute Gasteiger partial charge is 0.0540 e. The number of hydrogen-bond donors (Lipinski definition) is 1. The quantitative estimate of drug-likeness (QED) is 0.349. The number of benzene rings is 5. The van der Waals surface area contributed by atoms with Gasteiger partial charge in [-0.15, -0.1) is 0 Å². The summed E-state index contributed by atoms with van der Waals surface area (Å²) in [7, 11) is 0. The van der Waals surface area contributed by atoms with Crippen LogP contribution in [-0.4, -0.2) is 0 Å². The Morgan fingerprint density at radius 3 is 1.46 bits per heavy atom. The minimum atomic E-state index is 0.763. The monoisotopic (exact) mass is 360 g/mol. The predicted octanol–water partition coefficient (Wildman–Crippen LogP) is 7.05. The first-order valence-corrected chi connectivity index (χ1v) is 9.42. The average molecular weight is 360 g/mol. The lowest BCUT2D eigenvalue weighted by Gasteiger charge is -2.28. The molecule has 2 heteroatoms. The van der Waals surface area contributed by atoms with Gasteiger partial charge in [0.2, 0.25) is 0 Å². The van der Waals surface area contributed by atoms with E-state index in [4.69, 9.17) is 5.73 Å². The third kappa shape index (κ3) is 2.76. The summed E-state index contributed by atoms with van der Waals surface area (Å²) in [5.74, 6) is 0. The van der Waals surface area contributed by atoms with E-state index in [1.54, 1.807) is 0 Å². The van der Waals surface area contributed by atoms with E-state index in [1.165, 1.54) is 21.5 Å². The molecule has 0 fully saturated rings. The maximum Gasteiger partial charge on any atom is 0.0540 e. The molecule has 0 unspecified atom stereocenters. The van der Waals surface area contributed by atoms with Gasteiger partial charge in [0.1, 0.15) is 0 Å². The van der Waals surface area contributed by atoms with Crippen molar-refractivity contribution in [1.82, 2.24) is 0 Å². The van der Waals surface area contributed by atoms with Gasteiger partial charge in [0.25, 0.3) is 0 Å². The summed E-state index contributed by atoms with van der Waals surface area (Å²) in [6, 6.07) is 38.0. The van der Waals surface area contributed by atoms with Gasteiger partial charge < -0.3 is 10.6 Å². The van der Waals surface area contributed by atoms with Crippen LogP contribution in [0.25, 0.3) is 21.5 Å². The number of nitrogen functional groups attached to an aromatic ring is 1. The second kappa shape index (κ2) is 6.75. The highest BCUT2D eigenvalue weighted by atomic mass is 15.1. The lowest BCUT2D eigenvalue weighted by molar-refractivity contribution is 1.31. The van der Waals surface area contributed by atoms with Crippen LogP contribution in [0.2, 0.25) is 0 Å². The van der Waals surface area contributed by atoms with Crippen molar-refractivity contribution < 1.29 is 0 Å². The van der Waals surface area contributed by atoms with Crippen LogP contribution in [0.15, 0.2) is 109 Å². The van der Waals surface area contributed by atoms with Crippen LogP contribution in [0.5, 0.6) is 0 Å². The van der Waals surface area contributed by atoms with Crippen LogP contribution >= 0.6 is 0 Å². The van der Waals surface area contributed by atoms with Gasteiger partial charge in [-0.1, -0.05) is 72.8 Å². The van der Waals surface area contributed by atoms with Crippen molar-refractivity contribution in [3.05, 3.63) is 109 Å². The Bertz CT molecular complexity index is 1180. The first-order valence-electron chi connectivity index (χ1n) is 9.42. The fourth-order valence-corrected chi connectivity index (χ4v) is 3.84. The van der Waals surface area contributed by atoms with Crippen molar-refractivity contribution in [2.45, 2.75) is 0 Å². The summed E-state index contributed by atoms with van der Waals surface area (Å²) >= 11 is 0. The maximum atomic E-state index is 5.97. The molecule has 0 aliphatic heterocycles. The molecular weight excluding hydrogens is 340 g/mol. The van der Waals surface area contributed by atoms with E-state index in [1.807, 2.05) is 12.1 Å². The molecule has 0 spiro atoms. The minimum Gasteiger partial charge on any atom is -0.399 e. The maximum absolute atomic E-state index is 5.97. The molecule has 0 aliphatic rings. The highest BCUT2D eigenvalue weighted by molar-refractivity contribution is 6.04. The highest BCUT2D eigenvalue weighted by Crippen LogP contribution is 2.41. The largest absolute Gasteiger partial charge is 0.399 e. The summed E-state index contributed by atoms with van der Waals surface area (Å²) in [6.07, 6.45) is 0. The van der Waals surface area contributed by atoms with E-state index in [0.29, 0.717) is 0 Å². The number of nitrogens with zero attached hydrogens (tertiary/aromatic N) is 1. The van der Waals surface area contributed by atoms with E-state index < -0.39 is 0 Å². The molecule has 0 atom stereocenters. The van der Waals surface area contributed by atoms with Gasteiger partial charge in [-0.2, -0.15) is 0 Å². The van der Waals surface area contributed by atoms with Crippen molar-refractivity contribution in [3.8, 4) is 0 Å². The topological polar surface area (TPSA) is 29.3 Å². The van der Waals surface area contributed by atoms with E-state index >= 15 is 0 Å². The van der Waals surface area contributed by atoms with Crippen LogP contribution in [0.1, 0.15) is 0 Å². The number of nitrogens with two attached hydrogens (primary N) is 1. The summed E-state index contributed by atoms with van der Waals surface area (Å²) in [5, 5.41) is 4.88. The number of fused-ring (bicyclic) bond motifs is 2. The Balaban J connectivity index is 1.84. The average Bonchev–Trinajstić information content (AvgIpc) is 2.75. The van der Waals surface area contributed by atoms with Crippen LogP contribution in [0.4, 0.5) is 22.7 Å². The van der Waals surface area contributed by atoms with E-state index in [-0.39, 0.29) is 0 Å². The molecule has 5 rings (SSSR count). The van der Waals surface area contributed by atoms with Gasteiger partial charge in [-0.25, -0.2) is 0 Å². The lowest BCUT2D eigenvalue weighted by Crippen LogP contribution is -2.11. The summed E-state index contributed by atoms with van der Waals surface area (Å²) in [5.41, 5.74) is 10.1. The Kier molecular flexibility index (Phi) is 3.95. The fourth-order valence-electron chi connectivity index (χ4n) is 3.84. The van der Waals surface area contributed by atoms with Crippen LogP contribution in [-0.2, 0) is 0 Å². The van der Waals surface area contributed by atoms with E-state index in [2.05, 4.69) is 102 Å². The molecule has 0 amide bonds. The Morgan fingerprint density at radius 2 is 0.929 bits per heavy atom.